The molecule has 0 saturated heterocycles. The zero-order chi connectivity index (χ0) is 25.5. The molecule has 0 aromatic rings. The van der Waals surface area contributed by atoms with E-state index in [9.17, 15) is 19.2 Å². The monoisotopic (exact) mass is 488 g/mol. The fraction of sp³-hybridized carbons (Fsp3) is 0.786. The Labute approximate surface area is 208 Å². The Kier molecular flexibility index (Phi) is 7.29. The summed E-state index contributed by atoms with van der Waals surface area (Å²) in [7, 11) is 0. The number of hydrogen-bond donors (Lipinski definition) is 1. The predicted molar refractivity (Wildman–Crippen MR) is 128 cm³/mol. The number of aliphatic hydroxyl groups excluding tert-OH is 1. The molecule has 0 amide bonds. The van der Waals surface area contributed by atoms with Crippen LogP contribution in [-0.4, -0.2) is 48.4 Å². The van der Waals surface area contributed by atoms with E-state index < -0.39 is 11.9 Å². The molecule has 0 radical (unpaired) electrons. The van der Waals surface area contributed by atoms with Gasteiger partial charge < -0.3 is 14.6 Å². The average Bonchev–Trinajstić information content (AvgIpc) is 3.10. The van der Waals surface area contributed by atoms with Crippen LogP contribution >= 0.6 is 0 Å². The minimum atomic E-state index is -0.479. The van der Waals surface area contributed by atoms with E-state index in [0.717, 1.165) is 32.1 Å². The Balaban J connectivity index is 1.63. The molecular weight excluding hydrogens is 448 g/mol. The van der Waals surface area contributed by atoms with E-state index in [1.165, 1.54) is 12.5 Å². The Hall–Kier alpha value is -2.02. The summed E-state index contributed by atoms with van der Waals surface area (Å²) >= 11 is 0. The lowest BCUT2D eigenvalue weighted by Crippen LogP contribution is -2.53. The van der Waals surface area contributed by atoms with Crippen molar-refractivity contribution in [3.8, 4) is 0 Å². The van der Waals surface area contributed by atoms with E-state index in [0.29, 0.717) is 30.1 Å². The van der Waals surface area contributed by atoms with Crippen molar-refractivity contribution >= 4 is 23.5 Å². The summed E-state index contributed by atoms with van der Waals surface area (Å²) in [5.41, 5.74) is 1.07. The van der Waals surface area contributed by atoms with E-state index in [1.54, 1.807) is 0 Å². The van der Waals surface area contributed by atoms with Gasteiger partial charge in [0.2, 0.25) is 0 Å². The van der Waals surface area contributed by atoms with Crippen molar-refractivity contribution in [3.63, 3.8) is 0 Å². The first kappa shape index (κ1) is 26.1. The maximum absolute atomic E-state index is 13.4. The van der Waals surface area contributed by atoms with Gasteiger partial charge in [-0.05, 0) is 72.7 Å². The Morgan fingerprint density at radius 3 is 2.54 bits per heavy atom. The molecule has 0 aliphatic heterocycles. The van der Waals surface area contributed by atoms with Crippen molar-refractivity contribution in [2.45, 2.75) is 72.6 Å². The van der Waals surface area contributed by atoms with E-state index in [4.69, 9.17) is 14.6 Å². The Morgan fingerprint density at radius 1 is 1.11 bits per heavy atom. The number of allylic oxidation sites excluding steroid dienone is 1. The number of carbonyl (C=O) groups excluding carboxylic acids is 4. The van der Waals surface area contributed by atoms with Crippen LogP contribution in [0.4, 0.5) is 0 Å². The highest BCUT2D eigenvalue weighted by Gasteiger charge is 2.63. The summed E-state index contributed by atoms with van der Waals surface area (Å²) < 4.78 is 10.6. The van der Waals surface area contributed by atoms with Crippen LogP contribution in [0.2, 0.25) is 0 Å². The molecule has 7 heteroatoms. The van der Waals surface area contributed by atoms with E-state index in [2.05, 4.69) is 20.8 Å². The highest BCUT2D eigenvalue weighted by atomic mass is 16.5. The normalized spacial score (nSPS) is 40.1. The second kappa shape index (κ2) is 9.79. The Morgan fingerprint density at radius 2 is 1.86 bits per heavy atom. The standard InChI is InChI=1S/C28H40O7/c1-16-11-20-21(27(3)8-5-19(31)13-22(16)27)6-9-28(4)23(20)12-18(14-35-25(33)7-10-29)26(28)24(32)15-34-17(2)30/h13,16,18,20-21,23,26,29H,5-12,14-15H2,1-4H3/t16-,18+,20+,21-,23-,26+,27+,28-/m0/s1. The smallest absolute Gasteiger partial charge is 0.308 e. The van der Waals surface area contributed by atoms with Gasteiger partial charge in [0.05, 0.1) is 19.6 Å². The lowest BCUT2D eigenvalue weighted by Gasteiger charge is -2.59. The summed E-state index contributed by atoms with van der Waals surface area (Å²) in [6.45, 7) is 7.71. The van der Waals surface area contributed by atoms with Crippen LogP contribution in [0.5, 0.6) is 0 Å². The van der Waals surface area contributed by atoms with E-state index in [-0.39, 0.29) is 60.5 Å². The number of Topliss-reactive ketones (excluding diaryl/α,β-unsaturated/α-hetero) is 1. The van der Waals surface area contributed by atoms with Gasteiger partial charge in [-0.15, -0.1) is 0 Å². The fourth-order valence-corrected chi connectivity index (χ4v) is 8.58. The summed E-state index contributed by atoms with van der Waals surface area (Å²) in [6.07, 6.45) is 7.04. The van der Waals surface area contributed by atoms with E-state index in [1.807, 2.05) is 6.08 Å². The maximum atomic E-state index is 13.4. The van der Waals surface area contributed by atoms with Gasteiger partial charge in [-0.2, -0.15) is 0 Å². The van der Waals surface area contributed by atoms with Crippen LogP contribution in [0.1, 0.15) is 72.6 Å². The zero-order valence-corrected chi connectivity index (χ0v) is 21.5. The maximum Gasteiger partial charge on any atom is 0.308 e. The van der Waals surface area contributed by atoms with Gasteiger partial charge >= 0.3 is 11.9 Å². The van der Waals surface area contributed by atoms with Crippen LogP contribution in [0.3, 0.4) is 0 Å². The third-order valence-corrected chi connectivity index (χ3v) is 9.99. The number of ether oxygens (including phenoxy) is 2. The Bertz CT molecular complexity index is 922. The van der Waals surface area contributed by atoms with Gasteiger partial charge in [0.1, 0.15) is 6.61 Å². The molecule has 7 nitrogen and oxygen atoms in total. The number of esters is 2. The topological polar surface area (TPSA) is 107 Å². The highest BCUT2D eigenvalue weighted by Crippen LogP contribution is 2.68. The molecule has 0 bridgehead atoms. The molecule has 3 fully saturated rings. The summed E-state index contributed by atoms with van der Waals surface area (Å²) in [4.78, 5) is 49.1. The van der Waals surface area contributed by atoms with Crippen molar-refractivity contribution in [1.82, 2.24) is 0 Å². The van der Waals surface area contributed by atoms with Gasteiger partial charge in [-0.1, -0.05) is 26.3 Å². The molecule has 0 heterocycles. The minimum absolute atomic E-state index is 0.0144. The molecule has 1 N–H and O–H groups in total. The summed E-state index contributed by atoms with van der Waals surface area (Å²) in [6, 6.07) is 0. The molecule has 194 valence electrons. The number of aliphatic hydroxyl groups is 1. The predicted octanol–water partition coefficient (Wildman–Crippen LogP) is 3.66. The fourth-order valence-electron chi connectivity index (χ4n) is 8.58. The number of ketones is 2. The third kappa shape index (κ3) is 4.61. The van der Waals surface area contributed by atoms with Crippen molar-refractivity contribution in [2.24, 2.45) is 46.3 Å². The number of carbonyl (C=O) groups is 4. The molecule has 35 heavy (non-hydrogen) atoms. The van der Waals surface area contributed by atoms with Gasteiger partial charge in [0.15, 0.2) is 11.6 Å². The van der Waals surface area contributed by atoms with Crippen molar-refractivity contribution in [3.05, 3.63) is 11.6 Å². The molecule has 8 atom stereocenters. The van der Waals surface area contributed by atoms with Crippen LogP contribution in [0.15, 0.2) is 11.6 Å². The average molecular weight is 489 g/mol. The second-order valence-corrected chi connectivity index (χ2v) is 11.9. The molecule has 0 unspecified atom stereocenters. The quantitative estimate of drug-likeness (QED) is 0.545. The van der Waals surface area contributed by atoms with Crippen molar-refractivity contribution in [2.75, 3.05) is 19.8 Å². The first-order valence-electron chi connectivity index (χ1n) is 13.2. The first-order valence-corrected chi connectivity index (χ1v) is 13.2. The number of rotatable bonds is 7. The van der Waals surface area contributed by atoms with Gasteiger partial charge in [0.25, 0.3) is 0 Å². The van der Waals surface area contributed by atoms with Crippen LogP contribution in [-0.2, 0) is 28.7 Å². The van der Waals surface area contributed by atoms with Gasteiger partial charge in [0, 0.05) is 25.2 Å². The summed E-state index contributed by atoms with van der Waals surface area (Å²) in [5, 5.41) is 9.06. The summed E-state index contributed by atoms with van der Waals surface area (Å²) in [5.74, 6) is 0.250. The number of hydrogen-bond acceptors (Lipinski definition) is 7. The minimum Gasteiger partial charge on any atom is -0.465 e. The molecule has 0 aromatic carbocycles. The van der Waals surface area contributed by atoms with Gasteiger partial charge in [-0.25, -0.2) is 0 Å². The number of fused-ring (bicyclic) bond motifs is 5. The van der Waals surface area contributed by atoms with Crippen molar-refractivity contribution < 1.29 is 33.8 Å². The molecular formula is C28H40O7. The van der Waals surface area contributed by atoms with Crippen LogP contribution in [0.25, 0.3) is 0 Å². The molecule has 4 aliphatic carbocycles. The van der Waals surface area contributed by atoms with Gasteiger partial charge in [-0.3, -0.25) is 19.2 Å². The molecule has 0 aromatic heterocycles. The first-order chi connectivity index (χ1) is 16.5. The molecule has 4 aliphatic rings. The van der Waals surface area contributed by atoms with E-state index >= 15 is 0 Å². The third-order valence-electron chi connectivity index (χ3n) is 9.99. The van der Waals surface area contributed by atoms with Crippen molar-refractivity contribution in [1.29, 1.82) is 0 Å². The SMILES string of the molecule is CC(=O)OCC(=O)[C@H]1[C@@H](COC(=O)CCO)C[C@H]2[C@@H]3C[C@H](C)C4=CC(=O)CC[C@]4(C)[C@H]3CC[C@@]21C. The van der Waals surface area contributed by atoms with Crippen LogP contribution < -0.4 is 0 Å². The largest absolute Gasteiger partial charge is 0.465 e. The lowest BCUT2D eigenvalue weighted by atomic mass is 9.45. The highest BCUT2D eigenvalue weighted by molar-refractivity contribution is 5.91. The molecule has 3 saturated carbocycles. The molecule has 0 spiro atoms. The zero-order valence-electron chi connectivity index (χ0n) is 21.5. The second-order valence-electron chi connectivity index (χ2n) is 11.9. The molecule has 4 rings (SSSR count). The van der Waals surface area contributed by atoms with Crippen LogP contribution in [0, 0.1) is 46.3 Å². The lowest BCUT2D eigenvalue weighted by molar-refractivity contribution is -0.152.